The van der Waals surface area contributed by atoms with E-state index >= 15 is 0 Å². The first-order valence-electron chi connectivity index (χ1n) is 3.84. The fraction of sp³-hybridized carbons (Fsp3) is 0.100. The number of phenolic OH excluding ortho intramolecular Hbond substituents is 1. The summed E-state index contributed by atoms with van der Waals surface area (Å²) in [7, 11) is 0. The number of hydrogen-bond donors (Lipinski definition) is 1. The van der Waals surface area contributed by atoms with Crippen LogP contribution in [0.1, 0.15) is 10.4 Å². The van der Waals surface area contributed by atoms with E-state index in [0.717, 1.165) is 10.1 Å². The average molecular weight is 189 g/mol. The zero-order valence-electron chi connectivity index (χ0n) is 7.03. The second-order valence-corrected chi connectivity index (χ2v) is 4.16. The summed E-state index contributed by atoms with van der Waals surface area (Å²) in [5.74, 6) is 0.0628. The average Bonchev–Trinajstić information content (AvgIpc) is 2.42. The summed E-state index contributed by atoms with van der Waals surface area (Å²) < 4.78 is 1.05. The number of nitriles is 1. The second kappa shape index (κ2) is 2.75. The summed E-state index contributed by atoms with van der Waals surface area (Å²) in [6, 6.07) is 7.32. The zero-order chi connectivity index (χ0) is 9.42. The van der Waals surface area contributed by atoms with Crippen molar-refractivity contribution in [2.24, 2.45) is 0 Å². The SMILES string of the molecule is Cc1cc2cc(O)c(C#N)cc2s1. The van der Waals surface area contributed by atoms with Gasteiger partial charge < -0.3 is 5.11 Å². The predicted molar refractivity (Wildman–Crippen MR) is 52.9 cm³/mol. The van der Waals surface area contributed by atoms with E-state index in [0.29, 0.717) is 5.56 Å². The molecule has 1 aromatic heterocycles. The van der Waals surface area contributed by atoms with Gasteiger partial charge in [-0.25, -0.2) is 0 Å². The Morgan fingerprint density at radius 3 is 2.85 bits per heavy atom. The standard InChI is InChI=1S/C10H7NOS/c1-6-2-7-3-9(12)8(5-11)4-10(7)13-6/h2-4,12H,1H3. The van der Waals surface area contributed by atoms with Gasteiger partial charge >= 0.3 is 0 Å². The van der Waals surface area contributed by atoms with Crippen LogP contribution in [0.25, 0.3) is 10.1 Å². The van der Waals surface area contributed by atoms with Crippen molar-refractivity contribution in [2.75, 3.05) is 0 Å². The number of hydrogen-bond acceptors (Lipinski definition) is 3. The molecule has 0 amide bonds. The van der Waals surface area contributed by atoms with Gasteiger partial charge in [0.1, 0.15) is 11.8 Å². The third-order valence-corrected chi connectivity index (χ3v) is 2.89. The molecule has 0 unspecified atom stereocenters. The highest BCUT2D eigenvalue weighted by molar-refractivity contribution is 7.19. The van der Waals surface area contributed by atoms with Gasteiger partial charge in [0.2, 0.25) is 0 Å². The van der Waals surface area contributed by atoms with Gasteiger partial charge in [0.25, 0.3) is 0 Å². The highest BCUT2D eigenvalue weighted by Crippen LogP contribution is 2.30. The van der Waals surface area contributed by atoms with Crippen molar-refractivity contribution in [3.8, 4) is 11.8 Å². The lowest BCUT2D eigenvalue weighted by Gasteiger charge is -1.94. The number of aromatic hydroxyl groups is 1. The quantitative estimate of drug-likeness (QED) is 0.692. The number of rotatable bonds is 0. The lowest BCUT2D eigenvalue weighted by molar-refractivity contribution is 0.474. The molecular formula is C10H7NOS. The number of aryl methyl sites for hydroxylation is 1. The van der Waals surface area contributed by atoms with Gasteiger partial charge in [0, 0.05) is 9.58 Å². The molecule has 3 heteroatoms. The van der Waals surface area contributed by atoms with Crippen LogP contribution in [0.4, 0.5) is 0 Å². The summed E-state index contributed by atoms with van der Waals surface area (Å²) in [6.07, 6.45) is 0. The Morgan fingerprint density at radius 1 is 1.38 bits per heavy atom. The number of nitrogens with zero attached hydrogens (tertiary/aromatic N) is 1. The van der Waals surface area contributed by atoms with Crippen molar-refractivity contribution in [3.05, 3.63) is 28.6 Å². The molecule has 0 aliphatic rings. The molecule has 0 aliphatic heterocycles. The molecule has 0 bridgehead atoms. The van der Waals surface area contributed by atoms with E-state index in [1.165, 1.54) is 4.88 Å². The third kappa shape index (κ3) is 1.25. The van der Waals surface area contributed by atoms with Crippen molar-refractivity contribution in [3.63, 3.8) is 0 Å². The molecule has 1 N–H and O–H groups in total. The molecule has 1 aromatic carbocycles. The maximum absolute atomic E-state index is 9.40. The van der Waals surface area contributed by atoms with E-state index < -0.39 is 0 Å². The van der Waals surface area contributed by atoms with E-state index in [9.17, 15) is 5.11 Å². The first kappa shape index (κ1) is 8.09. The van der Waals surface area contributed by atoms with Crippen LogP contribution in [0.2, 0.25) is 0 Å². The van der Waals surface area contributed by atoms with Gasteiger partial charge in [-0.05, 0) is 30.5 Å². The summed E-state index contributed by atoms with van der Waals surface area (Å²) in [4.78, 5) is 1.18. The number of phenols is 1. The fourth-order valence-corrected chi connectivity index (χ4v) is 2.24. The minimum absolute atomic E-state index is 0.0628. The number of fused-ring (bicyclic) bond motifs is 1. The molecule has 0 aliphatic carbocycles. The highest BCUT2D eigenvalue weighted by Gasteiger charge is 2.04. The van der Waals surface area contributed by atoms with Crippen molar-refractivity contribution in [2.45, 2.75) is 6.92 Å². The van der Waals surface area contributed by atoms with Crippen LogP contribution in [0.3, 0.4) is 0 Å². The smallest absolute Gasteiger partial charge is 0.134 e. The predicted octanol–water partition coefficient (Wildman–Crippen LogP) is 2.79. The molecule has 2 rings (SSSR count). The third-order valence-electron chi connectivity index (χ3n) is 1.88. The van der Waals surface area contributed by atoms with Crippen LogP contribution in [-0.2, 0) is 0 Å². The summed E-state index contributed by atoms with van der Waals surface area (Å²) in [6.45, 7) is 2.01. The van der Waals surface area contributed by atoms with Crippen molar-refractivity contribution in [1.82, 2.24) is 0 Å². The van der Waals surface area contributed by atoms with Crippen LogP contribution >= 0.6 is 11.3 Å². The van der Waals surface area contributed by atoms with E-state index in [1.807, 2.05) is 19.1 Å². The Labute approximate surface area is 79.7 Å². The maximum Gasteiger partial charge on any atom is 0.134 e. The summed E-state index contributed by atoms with van der Waals surface area (Å²) in [5, 5.41) is 19.1. The normalized spacial score (nSPS) is 10.2. The van der Waals surface area contributed by atoms with Crippen LogP contribution < -0.4 is 0 Å². The molecule has 2 aromatic rings. The lowest BCUT2D eigenvalue weighted by Crippen LogP contribution is -1.74. The van der Waals surface area contributed by atoms with Crippen LogP contribution in [0.15, 0.2) is 18.2 Å². The molecule has 1 heterocycles. The van der Waals surface area contributed by atoms with Crippen LogP contribution in [0, 0.1) is 18.3 Å². The minimum atomic E-state index is 0.0628. The monoisotopic (exact) mass is 189 g/mol. The fourth-order valence-electron chi connectivity index (χ4n) is 1.30. The van der Waals surface area contributed by atoms with Crippen LogP contribution in [-0.4, -0.2) is 5.11 Å². The first-order valence-corrected chi connectivity index (χ1v) is 4.65. The molecule has 0 atom stereocenters. The van der Waals surface area contributed by atoms with E-state index in [2.05, 4.69) is 0 Å². The molecule has 13 heavy (non-hydrogen) atoms. The molecular weight excluding hydrogens is 182 g/mol. The Bertz CT molecular complexity index is 507. The van der Waals surface area contributed by atoms with Gasteiger partial charge in [-0.2, -0.15) is 5.26 Å². The van der Waals surface area contributed by atoms with Gasteiger partial charge in [-0.3, -0.25) is 0 Å². The molecule has 64 valence electrons. The largest absolute Gasteiger partial charge is 0.507 e. The summed E-state index contributed by atoms with van der Waals surface area (Å²) >= 11 is 1.63. The minimum Gasteiger partial charge on any atom is -0.507 e. The topological polar surface area (TPSA) is 44.0 Å². The van der Waals surface area contributed by atoms with Gasteiger partial charge in [0.05, 0.1) is 5.56 Å². The maximum atomic E-state index is 9.40. The number of thiophene rings is 1. The summed E-state index contributed by atoms with van der Waals surface area (Å²) in [5.41, 5.74) is 0.342. The van der Waals surface area contributed by atoms with Crippen molar-refractivity contribution >= 4 is 21.4 Å². The van der Waals surface area contributed by atoms with Crippen LogP contribution in [0.5, 0.6) is 5.75 Å². The van der Waals surface area contributed by atoms with E-state index in [4.69, 9.17) is 5.26 Å². The zero-order valence-corrected chi connectivity index (χ0v) is 7.85. The molecule has 0 fully saturated rings. The highest BCUT2D eigenvalue weighted by atomic mass is 32.1. The Balaban J connectivity index is 2.82. The molecule has 2 nitrogen and oxygen atoms in total. The Hall–Kier alpha value is -1.53. The Kier molecular flexibility index (Phi) is 1.71. The molecule has 0 spiro atoms. The van der Waals surface area contributed by atoms with Gasteiger partial charge in [-0.15, -0.1) is 11.3 Å². The van der Waals surface area contributed by atoms with E-state index in [-0.39, 0.29) is 5.75 Å². The molecule has 0 saturated heterocycles. The van der Waals surface area contributed by atoms with Crippen molar-refractivity contribution < 1.29 is 5.11 Å². The lowest BCUT2D eigenvalue weighted by atomic mass is 10.1. The Morgan fingerprint density at radius 2 is 2.15 bits per heavy atom. The van der Waals surface area contributed by atoms with E-state index in [1.54, 1.807) is 23.5 Å². The first-order chi connectivity index (χ1) is 6.20. The van der Waals surface area contributed by atoms with Gasteiger partial charge in [-0.1, -0.05) is 0 Å². The molecule has 0 saturated carbocycles. The van der Waals surface area contributed by atoms with Gasteiger partial charge in [0.15, 0.2) is 0 Å². The number of benzene rings is 1. The molecule has 0 radical (unpaired) electrons. The second-order valence-electron chi connectivity index (χ2n) is 2.88. The van der Waals surface area contributed by atoms with Crippen molar-refractivity contribution in [1.29, 1.82) is 5.26 Å².